The Hall–Kier alpha value is -1.49. The fourth-order valence-corrected chi connectivity index (χ4v) is 2.60. The lowest BCUT2D eigenvalue weighted by atomic mass is 10.0. The Balaban J connectivity index is 2.09. The smallest absolute Gasteiger partial charge is 0.222 e. The van der Waals surface area contributed by atoms with Gasteiger partial charge in [-0.2, -0.15) is 0 Å². The molecule has 1 aliphatic heterocycles. The van der Waals surface area contributed by atoms with Crippen molar-refractivity contribution in [3.63, 3.8) is 0 Å². The van der Waals surface area contributed by atoms with Crippen molar-refractivity contribution in [2.75, 3.05) is 13.1 Å². The number of benzene rings is 1. The first-order valence-electron chi connectivity index (χ1n) is 7.07. The minimum atomic E-state index is -0.834. The molecule has 1 fully saturated rings. The number of carbonyl (C=O) groups excluding carboxylic acids is 1. The van der Waals surface area contributed by atoms with Crippen LogP contribution in [0.2, 0.25) is 0 Å². The Morgan fingerprint density at radius 2 is 1.80 bits per heavy atom. The van der Waals surface area contributed by atoms with Crippen LogP contribution >= 0.6 is 0 Å². The van der Waals surface area contributed by atoms with Crippen LogP contribution in [0, 0.1) is 11.6 Å². The molecule has 0 bridgehead atoms. The Bertz CT molecular complexity index is 459. The summed E-state index contributed by atoms with van der Waals surface area (Å²) in [6.45, 7) is 0.777. The Kier molecular flexibility index (Phi) is 5.06. The Morgan fingerprint density at radius 1 is 1.15 bits per heavy atom. The molecule has 5 heteroatoms. The first-order chi connectivity index (χ1) is 9.59. The van der Waals surface area contributed by atoms with E-state index in [1.807, 2.05) is 0 Å². The fourth-order valence-electron chi connectivity index (χ4n) is 2.60. The van der Waals surface area contributed by atoms with Gasteiger partial charge in [0.05, 0.1) is 6.04 Å². The third-order valence-electron chi connectivity index (χ3n) is 3.71. The van der Waals surface area contributed by atoms with E-state index in [2.05, 4.69) is 0 Å². The van der Waals surface area contributed by atoms with Gasteiger partial charge < -0.3 is 10.6 Å². The van der Waals surface area contributed by atoms with Crippen LogP contribution in [0.5, 0.6) is 0 Å². The van der Waals surface area contributed by atoms with E-state index in [0.717, 1.165) is 25.7 Å². The molecule has 1 aromatic carbocycles. The number of carbonyl (C=O) groups is 1. The lowest BCUT2D eigenvalue weighted by molar-refractivity contribution is -0.132. The van der Waals surface area contributed by atoms with Crippen molar-refractivity contribution in [1.29, 1.82) is 0 Å². The lowest BCUT2D eigenvalue weighted by Crippen LogP contribution is -2.39. The van der Waals surface area contributed by atoms with E-state index < -0.39 is 17.7 Å². The highest BCUT2D eigenvalue weighted by molar-refractivity contribution is 5.76. The quantitative estimate of drug-likeness (QED) is 0.926. The van der Waals surface area contributed by atoms with Crippen molar-refractivity contribution in [2.24, 2.45) is 5.73 Å². The van der Waals surface area contributed by atoms with Crippen LogP contribution in [0.25, 0.3) is 0 Å². The van der Waals surface area contributed by atoms with Gasteiger partial charge in [-0.3, -0.25) is 4.79 Å². The highest BCUT2D eigenvalue weighted by Crippen LogP contribution is 2.21. The lowest BCUT2D eigenvalue weighted by Gasteiger charge is -2.28. The van der Waals surface area contributed by atoms with E-state index in [0.29, 0.717) is 13.0 Å². The van der Waals surface area contributed by atoms with Crippen molar-refractivity contribution in [3.05, 3.63) is 35.4 Å². The molecule has 1 amide bonds. The maximum atomic E-state index is 13.7. The molecule has 1 saturated heterocycles. The molecule has 0 aliphatic carbocycles. The van der Waals surface area contributed by atoms with Crippen molar-refractivity contribution >= 4 is 5.91 Å². The summed E-state index contributed by atoms with van der Waals surface area (Å²) in [5.41, 5.74) is 5.77. The van der Waals surface area contributed by atoms with Gasteiger partial charge in [0.25, 0.3) is 0 Å². The molecule has 0 saturated carbocycles. The number of hydrogen-bond acceptors (Lipinski definition) is 2. The summed E-state index contributed by atoms with van der Waals surface area (Å²) < 4.78 is 27.3. The molecule has 1 atom stereocenters. The van der Waals surface area contributed by atoms with Crippen LogP contribution in [0.3, 0.4) is 0 Å². The number of nitrogens with two attached hydrogens (primary N) is 1. The molecular formula is C15H20F2N2O. The first kappa shape index (κ1) is 14.9. The number of likely N-dealkylation sites (tertiary alicyclic amines) is 1. The largest absolute Gasteiger partial charge is 0.341 e. The van der Waals surface area contributed by atoms with E-state index in [1.54, 1.807) is 4.90 Å². The molecule has 0 spiro atoms. The van der Waals surface area contributed by atoms with Gasteiger partial charge in [0.15, 0.2) is 0 Å². The van der Waals surface area contributed by atoms with Crippen LogP contribution in [-0.2, 0) is 4.79 Å². The Labute approximate surface area is 117 Å². The molecular weight excluding hydrogens is 262 g/mol. The van der Waals surface area contributed by atoms with E-state index in [1.165, 1.54) is 18.2 Å². The van der Waals surface area contributed by atoms with Gasteiger partial charge in [0, 0.05) is 25.1 Å². The number of halogens is 2. The third kappa shape index (κ3) is 3.54. The van der Waals surface area contributed by atoms with Gasteiger partial charge in [-0.15, -0.1) is 0 Å². The zero-order valence-electron chi connectivity index (χ0n) is 11.4. The SMILES string of the molecule is NC(CN1CCCCCCC1=O)c1c(F)cccc1F. The van der Waals surface area contributed by atoms with Crippen LogP contribution in [0.4, 0.5) is 8.78 Å². The first-order valence-corrected chi connectivity index (χ1v) is 7.07. The molecule has 1 unspecified atom stereocenters. The predicted molar refractivity (Wildman–Crippen MR) is 73.0 cm³/mol. The zero-order chi connectivity index (χ0) is 14.5. The molecule has 2 N–H and O–H groups in total. The van der Waals surface area contributed by atoms with E-state index in [-0.39, 0.29) is 18.0 Å². The van der Waals surface area contributed by atoms with Crippen LogP contribution in [0.15, 0.2) is 18.2 Å². The van der Waals surface area contributed by atoms with E-state index >= 15 is 0 Å². The molecule has 2 rings (SSSR count). The molecule has 3 nitrogen and oxygen atoms in total. The highest BCUT2D eigenvalue weighted by atomic mass is 19.1. The third-order valence-corrected chi connectivity index (χ3v) is 3.71. The van der Waals surface area contributed by atoms with Crippen molar-refractivity contribution < 1.29 is 13.6 Å². The normalized spacial score (nSPS) is 18.6. The molecule has 1 heterocycles. The van der Waals surface area contributed by atoms with Crippen LogP contribution in [-0.4, -0.2) is 23.9 Å². The zero-order valence-corrected chi connectivity index (χ0v) is 11.4. The maximum absolute atomic E-state index is 13.7. The van der Waals surface area contributed by atoms with Gasteiger partial charge in [0.1, 0.15) is 11.6 Å². The molecule has 1 aromatic rings. The molecule has 0 radical (unpaired) electrons. The van der Waals surface area contributed by atoms with Crippen molar-refractivity contribution in [2.45, 2.75) is 38.1 Å². The fraction of sp³-hybridized carbons (Fsp3) is 0.533. The Morgan fingerprint density at radius 3 is 2.50 bits per heavy atom. The van der Waals surface area contributed by atoms with Gasteiger partial charge in [-0.05, 0) is 25.0 Å². The van der Waals surface area contributed by atoms with Gasteiger partial charge in [-0.1, -0.05) is 18.9 Å². The number of hydrogen-bond donors (Lipinski definition) is 1. The summed E-state index contributed by atoms with van der Waals surface area (Å²) in [5.74, 6) is -1.29. The minimum absolute atomic E-state index is 0.0249. The second kappa shape index (κ2) is 6.79. The summed E-state index contributed by atoms with van der Waals surface area (Å²) in [6.07, 6.45) is 4.42. The minimum Gasteiger partial charge on any atom is -0.341 e. The molecule has 110 valence electrons. The summed E-state index contributed by atoms with van der Waals surface area (Å²) in [7, 11) is 0. The van der Waals surface area contributed by atoms with Gasteiger partial charge in [-0.25, -0.2) is 8.78 Å². The van der Waals surface area contributed by atoms with Crippen molar-refractivity contribution in [1.82, 2.24) is 4.90 Å². The van der Waals surface area contributed by atoms with E-state index in [9.17, 15) is 13.6 Å². The van der Waals surface area contributed by atoms with E-state index in [4.69, 9.17) is 5.73 Å². The van der Waals surface area contributed by atoms with Crippen molar-refractivity contribution in [3.8, 4) is 0 Å². The number of amides is 1. The van der Waals surface area contributed by atoms with Crippen LogP contribution < -0.4 is 5.73 Å². The average molecular weight is 282 g/mol. The van der Waals surface area contributed by atoms with Gasteiger partial charge >= 0.3 is 0 Å². The van der Waals surface area contributed by atoms with Gasteiger partial charge in [0.2, 0.25) is 5.91 Å². The number of rotatable bonds is 3. The standard InChI is InChI=1S/C15H20F2N2O/c16-11-6-5-7-12(17)15(11)13(18)10-19-9-4-2-1-3-8-14(19)20/h5-7,13H,1-4,8-10,18H2. The molecule has 20 heavy (non-hydrogen) atoms. The monoisotopic (exact) mass is 282 g/mol. The molecule has 1 aliphatic rings. The average Bonchev–Trinajstić information content (AvgIpc) is 2.38. The second-order valence-corrected chi connectivity index (χ2v) is 5.25. The topological polar surface area (TPSA) is 46.3 Å². The molecule has 0 aromatic heterocycles. The maximum Gasteiger partial charge on any atom is 0.222 e. The second-order valence-electron chi connectivity index (χ2n) is 5.25. The summed E-state index contributed by atoms with van der Waals surface area (Å²) in [4.78, 5) is 13.6. The predicted octanol–water partition coefficient (Wildman–Crippen LogP) is 2.76. The summed E-state index contributed by atoms with van der Waals surface area (Å²) in [5, 5.41) is 0. The van der Waals surface area contributed by atoms with Crippen LogP contribution in [0.1, 0.15) is 43.7 Å². The summed E-state index contributed by atoms with van der Waals surface area (Å²) in [6, 6.07) is 2.85. The number of nitrogens with zero attached hydrogens (tertiary/aromatic N) is 1. The summed E-state index contributed by atoms with van der Waals surface area (Å²) >= 11 is 0. The highest BCUT2D eigenvalue weighted by Gasteiger charge is 2.22.